The minimum absolute atomic E-state index is 0.00249. The maximum absolute atomic E-state index is 8.53. The van der Waals surface area contributed by atoms with Gasteiger partial charge in [0.25, 0.3) is 0 Å². The van der Waals surface area contributed by atoms with Crippen LogP contribution in [0.1, 0.15) is 20.6 Å². The summed E-state index contributed by atoms with van der Waals surface area (Å²) in [5.74, 6) is 0. The van der Waals surface area contributed by atoms with E-state index in [-0.39, 0.29) is 50.7 Å². The highest BCUT2D eigenvalue weighted by molar-refractivity contribution is 6.09. The predicted molar refractivity (Wildman–Crippen MR) is 83.9 cm³/mol. The van der Waals surface area contributed by atoms with E-state index in [0.717, 1.165) is 0 Å². The van der Waals surface area contributed by atoms with Crippen molar-refractivity contribution in [1.29, 1.82) is 0 Å². The number of benzene rings is 3. The summed E-state index contributed by atoms with van der Waals surface area (Å²) in [6, 6.07) is -5.34. The van der Waals surface area contributed by atoms with Crippen LogP contribution in [0, 0.1) is 6.92 Å². The fourth-order valence-corrected chi connectivity index (χ4v) is 2.13. The van der Waals surface area contributed by atoms with Gasteiger partial charge in [-0.2, -0.15) is 0 Å². The molecule has 0 atom stereocenters. The topological polar surface area (TPSA) is 13.1 Å². The normalized spacial score (nSPS) is 18.9. The first kappa shape index (κ1) is 4.78. The third kappa shape index (κ3) is 1.64. The van der Waals surface area contributed by atoms with Gasteiger partial charge in [0.05, 0.1) is 15.1 Å². The number of rotatable bonds is 1. The molecule has 1 nitrogen and oxygen atoms in total. The lowest BCUT2D eigenvalue weighted by Crippen LogP contribution is -1.81. The van der Waals surface area contributed by atoms with Crippen LogP contribution >= 0.6 is 0 Å². The molecule has 0 bridgehead atoms. The van der Waals surface area contributed by atoms with Crippen LogP contribution in [-0.2, 0) is 0 Å². The van der Waals surface area contributed by atoms with Crippen molar-refractivity contribution in [2.75, 3.05) is 0 Å². The summed E-state index contributed by atoms with van der Waals surface area (Å²) in [6.07, 6.45) is 0. The van der Waals surface area contributed by atoms with E-state index in [1.54, 1.807) is 0 Å². The van der Waals surface area contributed by atoms with Crippen molar-refractivity contribution in [2.45, 2.75) is 6.92 Å². The second-order valence-corrected chi connectivity index (χ2v) is 4.26. The van der Waals surface area contributed by atoms with E-state index < -0.39 is 54.4 Å². The molecule has 0 aliphatic heterocycles. The predicted octanol–water partition coefficient (Wildman–Crippen LogP) is 5.56. The van der Waals surface area contributed by atoms with Gasteiger partial charge in [-0.05, 0) is 36.2 Å². The Bertz CT molecular complexity index is 1420. The molecule has 0 N–H and O–H groups in total. The summed E-state index contributed by atoms with van der Waals surface area (Å²) < 4.78 is 95.2. The molecule has 0 saturated carbocycles. The summed E-state index contributed by atoms with van der Waals surface area (Å²) in [5.41, 5.74) is -0.759. The van der Waals surface area contributed by atoms with Crippen molar-refractivity contribution in [2.24, 2.45) is 0 Å². The molecule has 20 heavy (non-hydrogen) atoms. The molecular formula is C19H14O. The second kappa shape index (κ2) is 4.24. The van der Waals surface area contributed by atoms with Crippen molar-refractivity contribution in [3.05, 3.63) is 72.0 Å². The Morgan fingerprint density at radius 3 is 2.45 bits per heavy atom. The first-order valence-electron chi connectivity index (χ1n) is 11.4. The molecule has 3 aromatic carbocycles. The average molecular weight is 269 g/mol. The van der Waals surface area contributed by atoms with Gasteiger partial charge in [-0.15, -0.1) is 0 Å². The molecule has 1 heteroatoms. The standard InChI is InChI=1S/C19H14O/c1-13-11-16(14-7-3-2-4-8-14)19-17(12-13)15-9-5-6-10-18(15)20-19/h2-12H,1H3/i2D,3D,4D,5D,6D,7D,8D,9D,10D,11D,12D. The molecule has 0 fully saturated rings. The van der Waals surface area contributed by atoms with E-state index in [1.807, 2.05) is 0 Å². The smallest absolute Gasteiger partial charge is 0.143 e. The zero-order valence-corrected chi connectivity index (χ0v) is 10.4. The summed E-state index contributed by atoms with van der Waals surface area (Å²) in [6.45, 7) is 1.45. The lowest BCUT2D eigenvalue weighted by Gasteiger charge is -2.04. The SMILES string of the molecule is [2H]c1c([2H])c([2H])c(-c2c([2H])c(C)c([2H])c3c2oc2c([2H])c([2H])c([2H])c([2H])c23)c([2H])c1[2H]. The highest BCUT2D eigenvalue weighted by Crippen LogP contribution is 2.36. The van der Waals surface area contributed by atoms with Crippen molar-refractivity contribution >= 4 is 21.9 Å². The molecule has 0 amide bonds. The second-order valence-electron chi connectivity index (χ2n) is 4.26. The number of furan rings is 1. The molecular weight excluding hydrogens is 244 g/mol. The Labute approximate surface area is 132 Å². The largest absolute Gasteiger partial charge is 0.455 e. The molecule has 0 spiro atoms. The minimum Gasteiger partial charge on any atom is -0.455 e. The van der Waals surface area contributed by atoms with Gasteiger partial charge in [0.15, 0.2) is 0 Å². The fraction of sp³-hybridized carbons (Fsp3) is 0.0526. The zero-order valence-electron chi connectivity index (χ0n) is 21.4. The van der Waals surface area contributed by atoms with E-state index >= 15 is 0 Å². The van der Waals surface area contributed by atoms with Crippen molar-refractivity contribution in [3.63, 3.8) is 0 Å². The molecule has 0 saturated heterocycles. The van der Waals surface area contributed by atoms with E-state index in [9.17, 15) is 0 Å². The third-order valence-corrected chi connectivity index (χ3v) is 2.94. The van der Waals surface area contributed by atoms with Crippen LogP contribution in [0.3, 0.4) is 0 Å². The van der Waals surface area contributed by atoms with Crippen LogP contribution in [-0.4, -0.2) is 0 Å². The monoisotopic (exact) mass is 269 g/mol. The summed E-state index contributed by atoms with van der Waals surface area (Å²) in [4.78, 5) is 0. The Balaban J connectivity index is 2.36. The summed E-state index contributed by atoms with van der Waals surface area (Å²) >= 11 is 0. The molecule has 0 aliphatic carbocycles. The Kier molecular flexibility index (Phi) is 1.01. The number of para-hydroxylation sites is 1. The molecule has 0 radical (unpaired) electrons. The summed E-state index contributed by atoms with van der Waals surface area (Å²) in [7, 11) is 0. The lowest BCUT2D eigenvalue weighted by molar-refractivity contribution is 0.670. The van der Waals surface area contributed by atoms with Gasteiger partial charge in [0, 0.05) is 16.3 Å². The van der Waals surface area contributed by atoms with Gasteiger partial charge in [-0.3, -0.25) is 0 Å². The van der Waals surface area contributed by atoms with Crippen LogP contribution in [0.2, 0.25) is 0 Å². The highest BCUT2D eigenvalue weighted by atomic mass is 16.3. The van der Waals surface area contributed by atoms with Gasteiger partial charge >= 0.3 is 0 Å². The lowest BCUT2D eigenvalue weighted by atomic mass is 10.00. The van der Waals surface area contributed by atoms with Gasteiger partial charge in [-0.1, -0.05) is 48.3 Å². The quantitative estimate of drug-likeness (QED) is 0.441. The van der Waals surface area contributed by atoms with Crippen LogP contribution < -0.4 is 0 Å². The first-order valence-corrected chi connectivity index (χ1v) is 5.91. The average Bonchev–Trinajstić information content (AvgIpc) is 3.14. The van der Waals surface area contributed by atoms with E-state index in [1.165, 1.54) is 6.92 Å². The Morgan fingerprint density at radius 2 is 1.60 bits per heavy atom. The van der Waals surface area contributed by atoms with Gasteiger partial charge in [0.1, 0.15) is 11.2 Å². The van der Waals surface area contributed by atoms with Gasteiger partial charge in [0.2, 0.25) is 0 Å². The van der Waals surface area contributed by atoms with E-state index in [4.69, 9.17) is 19.5 Å². The van der Waals surface area contributed by atoms with Crippen molar-refractivity contribution < 1.29 is 19.5 Å². The maximum atomic E-state index is 8.53. The molecule has 1 heterocycles. The molecule has 4 rings (SSSR count). The fourth-order valence-electron chi connectivity index (χ4n) is 2.13. The number of fused-ring (bicyclic) bond motifs is 3. The third-order valence-electron chi connectivity index (χ3n) is 2.94. The molecule has 4 aromatic rings. The molecule has 1 aromatic heterocycles. The van der Waals surface area contributed by atoms with Crippen LogP contribution in [0.25, 0.3) is 33.1 Å². The van der Waals surface area contributed by atoms with Crippen LogP contribution in [0.5, 0.6) is 0 Å². The summed E-state index contributed by atoms with van der Waals surface area (Å²) in [5, 5.41) is -0.0555. The number of hydrogen-bond donors (Lipinski definition) is 0. The van der Waals surface area contributed by atoms with Gasteiger partial charge in [-0.25, -0.2) is 0 Å². The van der Waals surface area contributed by atoms with Crippen LogP contribution in [0.15, 0.2) is 70.9 Å². The Hall–Kier alpha value is -2.54. The molecule has 96 valence electrons. The first-order chi connectivity index (χ1) is 14.4. The zero-order chi connectivity index (χ0) is 23.1. The van der Waals surface area contributed by atoms with Crippen LogP contribution in [0.4, 0.5) is 0 Å². The van der Waals surface area contributed by atoms with Crippen molar-refractivity contribution in [1.82, 2.24) is 0 Å². The van der Waals surface area contributed by atoms with Crippen molar-refractivity contribution in [3.8, 4) is 11.1 Å². The highest BCUT2D eigenvalue weighted by Gasteiger charge is 2.12. The molecule has 0 aliphatic rings. The number of hydrogen-bond acceptors (Lipinski definition) is 1. The maximum Gasteiger partial charge on any atom is 0.143 e. The molecule has 0 unspecified atom stereocenters. The minimum atomic E-state index is -0.600. The Morgan fingerprint density at radius 1 is 0.850 bits per heavy atom. The van der Waals surface area contributed by atoms with Gasteiger partial charge < -0.3 is 4.42 Å². The van der Waals surface area contributed by atoms with E-state index in [2.05, 4.69) is 0 Å². The van der Waals surface area contributed by atoms with E-state index in [0.29, 0.717) is 0 Å².